The van der Waals surface area contributed by atoms with Crippen LogP contribution < -0.4 is 10.0 Å². The van der Waals surface area contributed by atoms with Gasteiger partial charge in [0.25, 0.3) is 0 Å². The van der Waals surface area contributed by atoms with Crippen LogP contribution in [0.15, 0.2) is 29.2 Å². The summed E-state index contributed by atoms with van der Waals surface area (Å²) in [6, 6.07) is 7.52. The molecule has 21 heavy (non-hydrogen) atoms. The van der Waals surface area contributed by atoms with Crippen molar-refractivity contribution in [2.75, 3.05) is 0 Å². The largest absolute Gasteiger partial charge is 0.310 e. The van der Waals surface area contributed by atoms with Crippen LogP contribution in [-0.2, 0) is 16.6 Å². The number of benzene rings is 1. The first-order valence-electron chi connectivity index (χ1n) is 7.73. The van der Waals surface area contributed by atoms with Gasteiger partial charge >= 0.3 is 0 Å². The fraction of sp³-hybridized carbons (Fsp3) is 0.625. The van der Waals surface area contributed by atoms with Crippen molar-refractivity contribution in [3.63, 3.8) is 0 Å². The third kappa shape index (κ3) is 6.16. The van der Waals surface area contributed by atoms with Crippen LogP contribution in [0.5, 0.6) is 0 Å². The minimum Gasteiger partial charge on any atom is -0.310 e. The Balaban J connectivity index is 2.85. The van der Waals surface area contributed by atoms with E-state index in [0.29, 0.717) is 17.5 Å². The van der Waals surface area contributed by atoms with E-state index in [1.807, 2.05) is 13.0 Å². The minimum atomic E-state index is -3.43. The van der Waals surface area contributed by atoms with E-state index < -0.39 is 10.0 Å². The highest BCUT2D eigenvalue weighted by Crippen LogP contribution is 2.14. The molecule has 1 aromatic rings. The van der Waals surface area contributed by atoms with Crippen LogP contribution in [0, 0.1) is 0 Å². The highest BCUT2D eigenvalue weighted by molar-refractivity contribution is 7.89. The highest BCUT2D eigenvalue weighted by atomic mass is 32.2. The fourth-order valence-electron chi connectivity index (χ4n) is 2.13. The summed E-state index contributed by atoms with van der Waals surface area (Å²) in [5.41, 5.74) is 0.982. The van der Waals surface area contributed by atoms with Gasteiger partial charge in [-0.2, -0.15) is 0 Å². The third-order valence-electron chi connectivity index (χ3n) is 3.37. The van der Waals surface area contributed by atoms with Crippen LogP contribution >= 0.6 is 0 Å². The first-order valence-corrected chi connectivity index (χ1v) is 9.22. The number of rotatable bonds is 9. The fourth-order valence-corrected chi connectivity index (χ4v) is 3.55. The second-order valence-corrected chi connectivity index (χ2v) is 7.41. The molecule has 0 aliphatic rings. The van der Waals surface area contributed by atoms with E-state index in [-0.39, 0.29) is 6.04 Å². The van der Waals surface area contributed by atoms with Gasteiger partial charge < -0.3 is 5.32 Å². The molecule has 0 saturated heterocycles. The van der Waals surface area contributed by atoms with Gasteiger partial charge in [-0.3, -0.25) is 0 Å². The van der Waals surface area contributed by atoms with E-state index >= 15 is 0 Å². The van der Waals surface area contributed by atoms with Crippen molar-refractivity contribution in [3.8, 4) is 0 Å². The number of sulfonamides is 1. The van der Waals surface area contributed by atoms with Gasteiger partial charge in [0.05, 0.1) is 4.90 Å². The summed E-state index contributed by atoms with van der Waals surface area (Å²) >= 11 is 0. The molecule has 0 amide bonds. The Morgan fingerprint density at radius 1 is 1.19 bits per heavy atom. The first kappa shape index (κ1) is 18.1. The predicted octanol–water partition coefficient (Wildman–Crippen LogP) is 3.04. The average molecular weight is 312 g/mol. The summed E-state index contributed by atoms with van der Waals surface area (Å²) in [7, 11) is -3.43. The van der Waals surface area contributed by atoms with Crippen LogP contribution in [0.4, 0.5) is 0 Å². The molecule has 0 aromatic heterocycles. The standard InChI is InChI=1S/C16H28N2O2S/c1-5-8-15(6-2)18-21(19,20)16-10-7-9-14(11-16)12-17-13(3)4/h7,9-11,13,15,17-18H,5-6,8,12H2,1-4H3. The summed E-state index contributed by atoms with van der Waals surface area (Å²) in [5, 5.41) is 3.30. The zero-order valence-electron chi connectivity index (χ0n) is 13.5. The molecule has 0 heterocycles. The first-order chi connectivity index (χ1) is 9.89. The molecule has 0 saturated carbocycles. The summed E-state index contributed by atoms with van der Waals surface area (Å²) < 4.78 is 27.7. The lowest BCUT2D eigenvalue weighted by atomic mass is 10.1. The Kier molecular flexibility index (Phi) is 7.35. The molecule has 4 nitrogen and oxygen atoms in total. The summed E-state index contributed by atoms with van der Waals surface area (Å²) in [4.78, 5) is 0.347. The second kappa shape index (κ2) is 8.51. The summed E-state index contributed by atoms with van der Waals surface area (Å²) in [6.45, 7) is 8.88. The Labute approximate surface area is 129 Å². The van der Waals surface area contributed by atoms with Crippen molar-refractivity contribution in [1.29, 1.82) is 0 Å². The Bertz CT molecular complexity index is 527. The van der Waals surface area contributed by atoms with Gasteiger partial charge in [-0.1, -0.05) is 46.2 Å². The third-order valence-corrected chi connectivity index (χ3v) is 4.89. The molecule has 0 aliphatic heterocycles. The van der Waals surface area contributed by atoms with Gasteiger partial charge in [-0.15, -0.1) is 0 Å². The molecule has 2 N–H and O–H groups in total. The van der Waals surface area contributed by atoms with Crippen LogP contribution in [0.1, 0.15) is 52.5 Å². The van der Waals surface area contributed by atoms with Gasteiger partial charge in [0.15, 0.2) is 0 Å². The van der Waals surface area contributed by atoms with Crippen molar-refractivity contribution in [1.82, 2.24) is 10.0 Å². The van der Waals surface area contributed by atoms with Crippen LogP contribution in [0.3, 0.4) is 0 Å². The quantitative estimate of drug-likeness (QED) is 0.737. The highest BCUT2D eigenvalue weighted by Gasteiger charge is 2.18. The molecule has 0 fully saturated rings. The van der Waals surface area contributed by atoms with E-state index in [4.69, 9.17) is 0 Å². The van der Waals surface area contributed by atoms with Crippen molar-refractivity contribution in [3.05, 3.63) is 29.8 Å². The number of hydrogen-bond donors (Lipinski definition) is 2. The average Bonchev–Trinajstić information content (AvgIpc) is 2.44. The number of nitrogens with one attached hydrogen (secondary N) is 2. The lowest BCUT2D eigenvalue weighted by molar-refractivity contribution is 0.512. The van der Waals surface area contributed by atoms with Gasteiger partial charge in [0.2, 0.25) is 10.0 Å². The Morgan fingerprint density at radius 2 is 1.90 bits per heavy atom. The monoisotopic (exact) mass is 312 g/mol. The Hall–Kier alpha value is -0.910. The molecule has 5 heteroatoms. The molecule has 0 bridgehead atoms. The lowest BCUT2D eigenvalue weighted by Crippen LogP contribution is -2.34. The topological polar surface area (TPSA) is 58.2 Å². The van der Waals surface area contributed by atoms with E-state index in [1.165, 1.54) is 0 Å². The van der Waals surface area contributed by atoms with Gasteiger partial charge in [0, 0.05) is 18.6 Å². The van der Waals surface area contributed by atoms with Crippen molar-refractivity contribution in [2.45, 2.75) is 70.5 Å². The van der Waals surface area contributed by atoms with E-state index in [9.17, 15) is 8.42 Å². The molecule has 0 spiro atoms. The van der Waals surface area contributed by atoms with Crippen LogP contribution in [-0.4, -0.2) is 20.5 Å². The van der Waals surface area contributed by atoms with Crippen molar-refractivity contribution in [2.24, 2.45) is 0 Å². The zero-order chi connectivity index (χ0) is 15.9. The second-order valence-electron chi connectivity index (χ2n) is 5.70. The van der Waals surface area contributed by atoms with E-state index in [1.54, 1.807) is 18.2 Å². The van der Waals surface area contributed by atoms with Gasteiger partial charge in [-0.05, 0) is 30.5 Å². The van der Waals surface area contributed by atoms with Crippen LogP contribution in [0.2, 0.25) is 0 Å². The Morgan fingerprint density at radius 3 is 2.48 bits per heavy atom. The van der Waals surface area contributed by atoms with E-state index in [2.05, 4.69) is 30.8 Å². The maximum atomic E-state index is 12.4. The smallest absolute Gasteiger partial charge is 0.240 e. The molecule has 120 valence electrons. The van der Waals surface area contributed by atoms with Crippen molar-refractivity contribution < 1.29 is 8.42 Å². The summed E-state index contributed by atoms with van der Waals surface area (Å²) in [6.07, 6.45) is 2.64. The minimum absolute atomic E-state index is 0.0115. The number of hydrogen-bond acceptors (Lipinski definition) is 3. The maximum Gasteiger partial charge on any atom is 0.240 e. The maximum absolute atomic E-state index is 12.4. The molecule has 1 rings (SSSR count). The van der Waals surface area contributed by atoms with Gasteiger partial charge in [0.1, 0.15) is 0 Å². The van der Waals surface area contributed by atoms with Crippen LogP contribution in [0.25, 0.3) is 0 Å². The predicted molar refractivity (Wildman–Crippen MR) is 87.7 cm³/mol. The molecule has 0 aliphatic carbocycles. The van der Waals surface area contributed by atoms with Gasteiger partial charge in [-0.25, -0.2) is 13.1 Å². The summed E-state index contributed by atoms with van der Waals surface area (Å²) in [5.74, 6) is 0. The van der Waals surface area contributed by atoms with E-state index in [0.717, 1.165) is 24.8 Å². The van der Waals surface area contributed by atoms with Crippen molar-refractivity contribution >= 4 is 10.0 Å². The normalized spacial score (nSPS) is 13.6. The molecule has 1 unspecified atom stereocenters. The molecular weight excluding hydrogens is 284 g/mol. The SMILES string of the molecule is CCCC(CC)NS(=O)(=O)c1cccc(CNC(C)C)c1. The molecular formula is C16H28N2O2S. The molecule has 1 aromatic carbocycles. The molecule has 0 radical (unpaired) electrons. The zero-order valence-corrected chi connectivity index (χ0v) is 14.3. The molecule has 1 atom stereocenters. The lowest BCUT2D eigenvalue weighted by Gasteiger charge is -2.17.